The summed E-state index contributed by atoms with van der Waals surface area (Å²) in [7, 11) is 0. The van der Waals surface area contributed by atoms with Crippen molar-refractivity contribution in [1.29, 1.82) is 0 Å². The number of carboxylic acids is 1. The Balaban J connectivity index is 0.00000112. The number of carbonyl (C=O) groups excluding carboxylic acids is 1. The van der Waals surface area contributed by atoms with Gasteiger partial charge in [-0.3, -0.25) is 0 Å². The number of ether oxygens (including phenoxy) is 2. The molecule has 2 rings (SSSR count). The third kappa shape index (κ3) is 3.20. The smallest absolute Gasteiger partial charge is 0.543 e. The third-order valence-electron chi connectivity index (χ3n) is 1.74. The number of aromatic carboxylic acids is 1. The van der Waals surface area contributed by atoms with Gasteiger partial charge in [-0.25, -0.2) is 9.97 Å². The fourth-order valence-corrected chi connectivity index (χ4v) is 0.992. The van der Waals surface area contributed by atoms with Gasteiger partial charge in [-0.05, 0) is 0 Å². The molecule has 1 saturated heterocycles. The zero-order valence-electron chi connectivity index (χ0n) is 8.17. The predicted octanol–water partition coefficient (Wildman–Crippen LogP) is -4.38. The molecule has 7 heteroatoms. The van der Waals surface area contributed by atoms with Crippen molar-refractivity contribution in [3.05, 3.63) is 18.1 Å². The van der Waals surface area contributed by atoms with Gasteiger partial charge in [-0.2, -0.15) is 0 Å². The Kier molecular flexibility index (Phi) is 5.10. The average Bonchev–Trinajstić information content (AvgIpc) is 2.12. The number of rotatable bonds is 3. The summed E-state index contributed by atoms with van der Waals surface area (Å²) in [6.45, 7) is 0.895. The van der Waals surface area contributed by atoms with Crippen molar-refractivity contribution in [3.8, 4) is 5.88 Å². The number of carboxylic acid groups (broad SMARTS) is 1. The van der Waals surface area contributed by atoms with Crippen LogP contribution in [0.2, 0.25) is 0 Å². The Morgan fingerprint density at radius 2 is 2.13 bits per heavy atom. The van der Waals surface area contributed by atoms with Crippen LogP contribution in [0.25, 0.3) is 0 Å². The predicted molar refractivity (Wildman–Crippen MR) is 41.6 cm³/mol. The zero-order chi connectivity index (χ0) is 9.97. The Morgan fingerprint density at radius 3 is 2.67 bits per heavy atom. The topological polar surface area (TPSA) is 84.4 Å². The minimum atomic E-state index is -1.40. The van der Waals surface area contributed by atoms with Crippen LogP contribution < -0.4 is 61.2 Å². The first-order valence-corrected chi connectivity index (χ1v) is 4.04. The van der Waals surface area contributed by atoms with Gasteiger partial charge in [0.15, 0.2) is 0 Å². The van der Waals surface area contributed by atoms with Crippen LogP contribution in [-0.2, 0) is 4.74 Å². The maximum Gasteiger partial charge on any atom is 1.00 e. The van der Waals surface area contributed by atoms with Crippen molar-refractivity contribution in [1.82, 2.24) is 9.97 Å². The molecule has 1 aliphatic rings. The normalized spacial score (nSPS) is 14.9. The van der Waals surface area contributed by atoms with Crippen molar-refractivity contribution in [2.75, 3.05) is 13.2 Å². The zero-order valence-corrected chi connectivity index (χ0v) is 11.3. The monoisotopic (exact) mass is 234 g/mol. The van der Waals surface area contributed by atoms with Crippen LogP contribution in [-0.4, -0.2) is 35.3 Å². The summed E-state index contributed by atoms with van der Waals surface area (Å²) in [6.07, 6.45) is 2.50. The number of hydrogen-bond donors (Lipinski definition) is 0. The van der Waals surface area contributed by atoms with E-state index < -0.39 is 5.97 Å². The van der Waals surface area contributed by atoms with Crippen LogP contribution in [0.5, 0.6) is 5.88 Å². The molecule has 0 aliphatic carbocycles. The van der Waals surface area contributed by atoms with Crippen LogP contribution in [0.15, 0.2) is 12.4 Å². The van der Waals surface area contributed by atoms with E-state index in [0.717, 1.165) is 0 Å². The molecule has 0 atom stereocenters. The van der Waals surface area contributed by atoms with E-state index in [-0.39, 0.29) is 69.1 Å². The quantitative estimate of drug-likeness (QED) is 0.491. The molecule has 74 valence electrons. The molecule has 1 fully saturated rings. The van der Waals surface area contributed by atoms with Crippen LogP contribution in [0.4, 0.5) is 0 Å². The fraction of sp³-hybridized carbons (Fsp3) is 0.375. The SMILES string of the molecule is O=C([O-])c1nccnc1OC1COC1.[K+]. The average molecular weight is 234 g/mol. The van der Waals surface area contributed by atoms with E-state index in [1.54, 1.807) is 0 Å². The van der Waals surface area contributed by atoms with Crippen LogP contribution in [0.1, 0.15) is 10.5 Å². The number of hydrogen-bond acceptors (Lipinski definition) is 6. The summed E-state index contributed by atoms with van der Waals surface area (Å²) in [5.74, 6) is -1.41. The van der Waals surface area contributed by atoms with Crippen molar-refractivity contribution >= 4 is 5.97 Å². The molecule has 0 aromatic carbocycles. The molecule has 0 radical (unpaired) electrons. The minimum Gasteiger partial charge on any atom is -0.543 e. The molecule has 1 aromatic rings. The molecule has 0 amide bonds. The third-order valence-corrected chi connectivity index (χ3v) is 1.74. The summed E-state index contributed by atoms with van der Waals surface area (Å²) < 4.78 is 10.1. The van der Waals surface area contributed by atoms with E-state index in [1.165, 1.54) is 12.4 Å². The Bertz CT molecular complexity index is 356. The molecular weight excluding hydrogens is 227 g/mol. The molecular formula is C8H7KN2O4. The summed E-state index contributed by atoms with van der Waals surface area (Å²) >= 11 is 0. The van der Waals surface area contributed by atoms with E-state index in [2.05, 4.69) is 9.97 Å². The van der Waals surface area contributed by atoms with Crippen molar-refractivity contribution in [3.63, 3.8) is 0 Å². The first-order chi connectivity index (χ1) is 6.77. The number of carbonyl (C=O) groups is 1. The first kappa shape index (κ1) is 13.0. The van der Waals surface area contributed by atoms with Gasteiger partial charge >= 0.3 is 51.4 Å². The van der Waals surface area contributed by atoms with E-state index in [1.807, 2.05) is 0 Å². The van der Waals surface area contributed by atoms with Gasteiger partial charge in [-0.1, -0.05) is 0 Å². The molecule has 1 aromatic heterocycles. The Labute approximate surface area is 128 Å². The van der Waals surface area contributed by atoms with Crippen molar-refractivity contribution in [2.24, 2.45) is 0 Å². The van der Waals surface area contributed by atoms with E-state index in [9.17, 15) is 9.90 Å². The summed E-state index contributed by atoms with van der Waals surface area (Å²) in [5, 5.41) is 10.6. The molecule has 0 bridgehead atoms. The standard InChI is InChI=1S/C8H8N2O4.K/c11-8(12)6-7(10-2-1-9-6)14-5-3-13-4-5;/h1-2,5H,3-4H2,(H,11,12);/q;+1/p-1. The minimum absolute atomic E-state index is 0. The van der Waals surface area contributed by atoms with Gasteiger partial charge in [0, 0.05) is 12.4 Å². The number of aromatic nitrogens is 2. The molecule has 15 heavy (non-hydrogen) atoms. The van der Waals surface area contributed by atoms with Crippen LogP contribution in [0.3, 0.4) is 0 Å². The summed E-state index contributed by atoms with van der Waals surface area (Å²) in [5.41, 5.74) is -0.278. The van der Waals surface area contributed by atoms with Crippen LogP contribution >= 0.6 is 0 Å². The second-order valence-electron chi connectivity index (χ2n) is 2.77. The maximum absolute atomic E-state index is 10.6. The summed E-state index contributed by atoms with van der Waals surface area (Å²) in [6, 6.07) is 0. The molecule has 6 nitrogen and oxygen atoms in total. The van der Waals surface area contributed by atoms with Gasteiger partial charge < -0.3 is 19.4 Å². The second-order valence-corrected chi connectivity index (χ2v) is 2.77. The van der Waals surface area contributed by atoms with Gasteiger partial charge in [0.2, 0.25) is 5.88 Å². The largest absolute Gasteiger partial charge is 1.00 e. The molecule has 2 heterocycles. The van der Waals surface area contributed by atoms with E-state index in [4.69, 9.17) is 9.47 Å². The molecule has 1 aliphatic heterocycles. The Morgan fingerprint density at radius 1 is 1.47 bits per heavy atom. The summed E-state index contributed by atoms with van der Waals surface area (Å²) in [4.78, 5) is 17.9. The van der Waals surface area contributed by atoms with Gasteiger partial charge in [0.05, 0.1) is 19.2 Å². The van der Waals surface area contributed by atoms with E-state index in [0.29, 0.717) is 13.2 Å². The van der Waals surface area contributed by atoms with E-state index >= 15 is 0 Å². The van der Waals surface area contributed by atoms with Gasteiger partial charge in [0.25, 0.3) is 0 Å². The Hall–Kier alpha value is -0.0536. The molecule has 0 saturated carbocycles. The van der Waals surface area contributed by atoms with Crippen LogP contribution in [0, 0.1) is 0 Å². The molecule has 0 spiro atoms. The maximum atomic E-state index is 10.6. The first-order valence-electron chi connectivity index (χ1n) is 4.04. The number of nitrogens with zero attached hydrogens (tertiary/aromatic N) is 2. The van der Waals surface area contributed by atoms with Gasteiger partial charge in [0.1, 0.15) is 11.8 Å². The molecule has 0 N–H and O–H groups in total. The van der Waals surface area contributed by atoms with Crippen molar-refractivity contribution in [2.45, 2.75) is 6.10 Å². The molecule has 0 unspecified atom stereocenters. The second kappa shape index (κ2) is 5.88. The fourth-order valence-electron chi connectivity index (χ4n) is 0.992. The van der Waals surface area contributed by atoms with Gasteiger partial charge in [-0.15, -0.1) is 0 Å². The van der Waals surface area contributed by atoms with Crippen molar-refractivity contribution < 1.29 is 70.8 Å².